The fraction of sp³-hybridized carbons (Fsp3) is 0.533. The summed E-state index contributed by atoms with van der Waals surface area (Å²) in [5, 5.41) is 11.6. The summed E-state index contributed by atoms with van der Waals surface area (Å²) >= 11 is 0. The van der Waals surface area contributed by atoms with Crippen molar-refractivity contribution < 1.29 is 14.7 Å². The third kappa shape index (κ3) is 3.93. The van der Waals surface area contributed by atoms with E-state index < -0.39 is 5.97 Å². The minimum Gasteiger partial charge on any atom is -0.477 e. The Bertz CT molecular complexity index is 515. The number of carbonyl (C=O) groups is 2. The Morgan fingerprint density at radius 3 is 2.76 bits per heavy atom. The molecule has 2 amide bonds. The molecule has 1 aliphatic heterocycles. The molecular weight excluding hydrogens is 270 g/mol. The molecule has 2 atom stereocenters. The Kier molecular flexibility index (Phi) is 4.77. The molecule has 1 fully saturated rings. The van der Waals surface area contributed by atoms with Crippen LogP contribution in [0.3, 0.4) is 0 Å². The maximum absolute atomic E-state index is 12.2. The Labute approximate surface area is 124 Å². The van der Waals surface area contributed by atoms with Gasteiger partial charge in [0, 0.05) is 25.3 Å². The van der Waals surface area contributed by atoms with Crippen LogP contribution < -0.4 is 5.32 Å². The van der Waals surface area contributed by atoms with Crippen molar-refractivity contribution in [2.75, 3.05) is 6.54 Å². The van der Waals surface area contributed by atoms with Crippen molar-refractivity contribution in [3.63, 3.8) is 0 Å². The van der Waals surface area contributed by atoms with Crippen LogP contribution in [0.25, 0.3) is 0 Å². The Balaban J connectivity index is 1.89. The summed E-state index contributed by atoms with van der Waals surface area (Å²) < 4.78 is 0. The van der Waals surface area contributed by atoms with E-state index in [9.17, 15) is 9.59 Å². The number of aromatic nitrogens is 1. The van der Waals surface area contributed by atoms with E-state index >= 15 is 0 Å². The molecule has 6 nitrogen and oxygen atoms in total. The molecule has 2 N–H and O–H groups in total. The lowest BCUT2D eigenvalue weighted by molar-refractivity contribution is 0.0690. The van der Waals surface area contributed by atoms with E-state index in [4.69, 9.17) is 5.11 Å². The number of amides is 2. The second kappa shape index (κ2) is 6.56. The largest absolute Gasteiger partial charge is 0.477 e. The van der Waals surface area contributed by atoms with Gasteiger partial charge in [-0.05, 0) is 37.3 Å². The monoisotopic (exact) mass is 291 g/mol. The average Bonchev–Trinajstić information content (AvgIpc) is 2.47. The highest BCUT2D eigenvalue weighted by molar-refractivity contribution is 5.85. The predicted octanol–water partition coefficient (Wildman–Crippen LogP) is 2.11. The van der Waals surface area contributed by atoms with E-state index in [-0.39, 0.29) is 17.8 Å². The molecule has 0 spiro atoms. The maximum atomic E-state index is 12.2. The van der Waals surface area contributed by atoms with Crippen LogP contribution >= 0.6 is 0 Å². The zero-order chi connectivity index (χ0) is 15.4. The molecule has 0 radical (unpaired) electrons. The van der Waals surface area contributed by atoms with E-state index in [1.54, 1.807) is 6.07 Å². The number of nitrogens with one attached hydrogen (secondary N) is 1. The summed E-state index contributed by atoms with van der Waals surface area (Å²) in [7, 11) is 0. The van der Waals surface area contributed by atoms with Crippen LogP contribution in [0, 0.1) is 5.92 Å². The first-order valence-electron chi connectivity index (χ1n) is 7.20. The van der Waals surface area contributed by atoms with Gasteiger partial charge in [-0.3, -0.25) is 0 Å². The highest BCUT2D eigenvalue weighted by Crippen LogP contribution is 2.21. The number of hydrogen-bond donors (Lipinski definition) is 2. The summed E-state index contributed by atoms with van der Waals surface area (Å²) in [4.78, 5) is 28.6. The van der Waals surface area contributed by atoms with Crippen molar-refractivity contribution >= 4 is 12.0 Å². The lowest BCUT2D eigenvalue weighted by atomic mass is 9.95. The number of rotatable bonds is 3. The van der Waals surface area contributed by atoms with Crippen molar-refractivity contribution in [2.24, 2.45) is 5.92 Å². The summed E-state index contributed by atoms with van der Waals surface area (Å²) in [5.41, 5.74) is 0.787. The van der Waals surface area contributed by atoms with E-state index in [2.05, 4.69) is 24.1 Å². The van der Waals surface area contributed by atoms with E-state index in [0.717, 1.165) is 24.9 Å². The number of aromatic carboxylic acids is 1. The number of pyridine rings is 1. The highest BCUT2D eigenvalue weighted by atomic mass is 16.4. The SMILES string of the molecule is CC1CCC(C)N(C(=O)NCc2ccc(C(=O)O)nc2)C1. The van der Waals surface area contributed by atoms with Gasteiger partial charge in [0.25, 0.3) is 0 Å². The number of likely N-dealkylation sites (tertiary alicyclic amines) is 1. The van der Waals surface area contributed by atoms with E-state index in [1.807, 2.05) is 4.90 Å². The molecule has 2 heterocycles. The molecular formula is C15H21N3O3. The third-order valence-corrected chi connectivity index (χ3v) is 3.87. The van der Waals surface area contributed by atoms with Crippen molar-refractivity contribution in [1.29, 1.82) is 0 Å². The molecule has 1 saturated heterocycles. The van der Waals surface area contributed by atoms with Gasteiger partial charge in [-0.15, -0.1) is 0 Å². The number of carbonyl (C=O) groups excluding carboxylic acids is 1. The topological polar surface area (TPSA) is 82.5 Å². The molecule has 0 bridgehead atoms. The van der Waals surface area contributed by atoms with Crippen molar-refractivity contribution in [2.45, 2.75) is 39.3 Å². The number of carboxylic acid groups (broad SMARTS) is 1. The van der Waals surface area contributed by atoms with E-state index in [1.165, 1.54) is 12.3 Å². The fourth-order valence-electron chi connectivity index (χ4n) is 2.51. The number of carboxylic acids is 1. The summed E-state index contributed by atoms with van der Waals surface area (Å²) in [6, 6.07) is 3.29. The molecule has 0 saturated carbocycles. The predicted molar refractivity (Wildman–Crippen MR) is 78.0 cm³/mol. The first-order chi connectivity index (χ1) is 9.97. The minimum atomic E-state index is -1.05. The van der Waals surface area contributed by atoms with Gasteiger partial charge >= 0.3 is 12.0 Å². The van der Waals surface area contributed by atoms with Gasteiger partial charge in [0.1, 0.15) is 5.69 Å². The van der Waals surface area contributed by atoms with Crippen molar-refractivity contribution in [1.82, 2.24) is 15.2 Å². The van der Waals surface area contributed by atoms with Gasteiger partial charge in [-0.2, -0.15) is 0 Å². The van der Waals surface area contributed by atoms with Gasteiger partial charge in [0.2, 0.25) is 0 Å². The fourth-order valence-corrected chi connectivity index (χ4v) is 2.51. The Morgan fingerprint density at radius 1 is 1.38 bits per heavy atom. The van der Waals surface area contributed by atoms with Crippen LogP contribution in [-0.2, 0) is 6.54 Å². The highest BCUT2D eigenvalue weighted by Gasteiger charge is 2.26. The summed E-state index contributed by atoms with van der Waals surface area (Å²) in [5.74, 6) is -0.523. The van der Waals surface area contributed by atoms with Gasteiger partial charge in [0.05, 0.1) is 0 Å². The number of hydrogen-bond acceptors (Lipinski definition) is 3. The van der Waals surface area contributed by atoms with Crippen molar-refractivity contribution in [3.8, 4) is 0 Å². The molecule has 1 aliphatic rings. The first kappa shape index (κ1) is 15.3. The van der Waals surface area contributed by atoms with Gasteiger partial charge in [-0.25, -0.2) is 14.6 Å². The lowest BCUT2D eigenvalue weighted by Gasteiger charge is -2.36. The first-order valence-corrected chi connectivity index (χ1v) is 7.20. The van der Waals surface area contributed by atoms with E-state index in [0.29, 0.717) is 12.5 Å². The molecule has 0 aliphatic carbocycles. The number of nitrogens with zero attached hydrogens (tertiary/aromatic N) is 2. The average molecular weight is 291 g/mol. The normalized spacial score (nSPS) is 21.9. The Morgan fingerprint density at radius 2 is 2.14 bits per heavy atom. The Hall–Kier alpha value is -2.11. The quantitative estimate of drug-likeness (QED) is 0.893. The zero-order valence-corrected chi connectivity index (χ0v) is 12.4. The molecule has 1 aromatic heterocycles. The van der Waals surface area contributed by atoms with Gasteiger partial charge in [-0.1, -0.05) is 13.0 Å². The summed E-state index contributed by atoms with van der Waals surface area (Å²) in [6.07, 6.45) is 3.67. The third-order valence-electron chi connectivity index (χ3n) is 3.87. The van der Waals surface area contributed by atoms with Gasteiger partial charge < -0.3 is 15.3 Å². The molecule has 0 aromatic carbocycles. The van der Waals surface area contributed by atoms with Crippen LogP contribution in [0.1, 0.15) is 42.7 Å². The second-order valence-electron chi connectivity index (χ2n) is 5.70. The standard InChI is InChI=1S/C15H21N3O3/c1-10-3-4-11(2)18(9-10)15(21)17-8-12-5-6-13(14(19)20)16-7-12/h5-7,10-11H,3-4,8-9H2,1-2H3,(H,17,21)(H,19,20). The van der Waals surface area contributed by atoms with Crippen LogP contribution in [-0.4, -0.2) is 39.6 Å². The van der Waals surface area contributed by atoms with Crippen molar-refractivity contribution in [3.05, 3.63) is 29.6 Å². The number of piperidine rings is 1. The smallest absolute Gasteiger partial charge is 0.354 e. The molecule has 114 valence electrons. The number of urea groups is 1. The van der Waals surface area contributed by atoms with Crippen LogP contribution in [0.4, 0.5) is 4.79 Å². The maximum Gasteiger partial charge on any atom is 0.354 e. The molecule has 1 aromatic rings. The molecule has 2 rings (SSSR count). The van der Waals surface area contributed by atoms with Gasteiger partial charge in [0.15, 0.2) is 0 Å². The lowest BCUT2D eigenvalue weighted by Crippen LogP contribution is -2.49. The molecule has 6 heteroatoms. The van der Waals surface area contributed by atoms with Crippen LogP contribution in [0.2, 0.25) is 0 Å². The summed E-state index contributed by atoms with van der Waals surface area (Å²) in [6.45, 7) is 5.35. The second-order valence-corrected chi connectivity index (χ2v) is 5.70. The van der Waals surface area contributed by atoms with Crippen LogP contribution in [0.15, 0.2) is 18.3 Å². The minimum absolute atomic E-state index is 0.00329. The zero-order valence-electron chi connectivity index (χ0n) is 12.4. The van der Waals surface area contributed by atoms with Crippen LogP contribution in [0.5, 0.6) is 0 Å². The molecule has 2 unspecified atom stereocenters. The molecule has 21 heavy (non-hydrogen) atoms.